The van der Waals surface area contributed by atoms with Gasteiger partial charge in [-0.25, -0.2) is 0 Å². The van der Waals surface area contributed by atoms with Crippen LogP contribution in [0.2, 0.25) is 5.02 Å². The quantitative estimate of drug-likeness (QED) is 0.466. The normalized spacial score (nSPS) is 16.2. The summed E-state index contributed by atoms with van der Waals surface area (Å²) >= 11 is 5.83. The summed E-state index contributed by atoms with van der Waals surface area (Å²) in [6.07, 6.45) is 12.1. The van der Waals surface area contributed by atoms with Crippen LogP contribution in [0, 0.1) is 0 Å². The molecule has 1 aromatic rings. The van der Waals surface area contributed by atoms with E-state index in [-0.39, 0.29) is 5.91 Å². The maximum Gasteiger partial charge on any atom is 0.243 e. The highest BCUT2D eigenvalue weighted by molar-refractivity contribution is 6.30. The third-order valence-electron chi connectivity index (χ3n) is 3.92. The van der Waals surface area contributed by atoms with Gasteiger partial charge in [-0.15, -0.1) is 0 Å². The Bertz CT molecular complexity index is 531. The van der Waals surface area contributed by atoms with Gasteiger partial charge in [0.05, 0.1) is 0 Å². The van der Waals surface area contributed by atoms with Crippen LogP contribution in [-0.4, -0.2) is 37.0 Å². The number of amides is 1. The fourth-order valence-electron chi connectivity index (χ4n) is 2.64. The average Bonchev–Trinajstić information content (AvgIpc) is 2.58. The van der Waals surface area contributed by atoms with E-state index in [1.807, 2.05) is 36.4 Å². The molecule has 0 aliphatic carbocycles. The van der Waals surface area contributed by atoms with Crippen molar-refractivity contribution in [2.24, 2.45) is 0 Å². The number of halogens is 1. The van der Waals surface area contributed by atoms with E-state index in [2.05, 4.69) is 10.2 Å². The van der Waals surface area contributed by atoms with Crippen molar-refractivity contribution in [1.82, 2.24) is 10.2 Å². The van der Waals surface area contributed by atoms with Crippen molar-refractivity contribution in [1.29, 1.82) is 0 Å². The molecule has 0 bridgehead atoms. The van der Waals surface area contributed by atoms with Gasteiger partial charge in [0.25, 0.3) is 0 Å². The van der Waals surface area contributed by atoms with Crippen molar-refractivity contribution in [3.05, 3.63) is 53.1 Å². The van der Waals surface area contributed by atoms with Gasteiger partial charge in [0.2, 0.25) is 5.91 Å². The highest BCUT2D eigenvalue weighted by atomic mass is 35.5. The molecule has 23 heavy (non-hydrogen) atoms. The second-order valence-corrected chi connectivity index (χ2v) is 6.25. The first-order chi connectivity index (χ1) is 11.2. The molecule has 0 spiro atoms. The molecule has 1 heterocycles. The number of nitrogens with zero attached hydrogens (tertiary/aromatic N) is 1. The Morgan fingerprint density at radius 1 is 1.13 bits per heavy atom. The molecule has 124 valence electrons. The van der Waals surface area contributed by atoms with E-state index in [0.717, 1.165) is 30.1 Å². The van der Waals surface area contributed by atoms with Crippen LogP contribution in [0.15, 0.2) is 42.5 Å². The molecule has 1 saturated heterocycles. The Balaban J connectivity index is 1.59. The Labute approximate surface area is 144 Å². The van der Waals surface area contributed by atoms with Crippen LogP contribution < -0.4 is 5.32 Å². The summed E-state index contributed by atoms with van der Waals surface area (Å²) in [6, 6.07) is 7.57. The lowest BCUT2D eigenvalue weighted by molar-refractivity contribution is -0.116. The SMILES string of the molecule is O=C(/C=C/C=C/c1ccc(Cl)cc1)NCCCN1CCCCC1. The van der Waals surface area contributed by atoms with Gasteiger partial charge in [-0.05, 0) is 56.6 Å². The van der Waals surface area contributed by atoms with Gasteiger partial charge in [0.1, 0.15) is 0 Å². The molecule has 1 fully saturated rings. The number of piperidine rings is 1. The minimum atomic E-state index is -0.0376. The van der Waals surface area contributed by atoms with Crippen molar-refractivity contribution >= 4 is 23.6 Å². The third-order valence-corrected chi connectivity index (χ3v) is 4.17. The predicted octanol–water partition coefficient (Wildman–Crippen LogP) is 3.90. The number of carbonyl (C=O) groups is 1. The molecule has 1 N–H and O–H groups in total. The van der Waals surface area contributed by atoms with Crippen molar-refractivity contribution in [3.8, 4) is 0 Å². The second kappa shape index (κ2) is 10.2. The number of allylic oxidation sites excluding steroid dienone is 2. The van der Waals surface area contributed by atoms with E-state index in [0.29, 0.717) is 0 Å². The molecule has 0 saturated carbocycles. The number of hydrogen-bond donors (Lipinski definition) is 1. The van der Waals surface area contributed by atoms with E-state index in [9.17, 15) is 4.79 Å². The van der Waals surface area contributed by atoms with Crippen molar-refractivity contribution < 1.29 is 4.79 Å². The minimum Gasteiger partial charge on any atom is -0.353 e. The Morgan fingerprint density at radius 2 is 1.87 bits per heavy atom. The molecular weight excluding hydrogens is 308 g/mol. The molecule has 1 aromatic carbocycles. The summed E-state index contributed by atoms with van der Waals surface area (Å²) in [7, 11) is 0. The monoisotopic (exact) mass is 332 g/mol. The Morgan fingerprint density at radius 3 is 2.61 bits per heavy atom. The molecule has 0 unspecified atom stereocenters. The number of carbonyl (C=O) groups excluding carboxylic acids is 1. The summed E-state index contributed by atoms with van der Waals surface area (Å²) in [6.45, 7) is 4.24. The van der Waals surface area contributed by atoms with Crippen molar-refractivity contribution in [2.45, 2.75) is 25.7 Å². The molecule has 0 aromatic heterocycles. The van der Waals surface area contributed by atoms with Crippen LogP contribution in [0.3, 0.4) is 0 Å². The zero-order valence-corrected chi connectivity index (χ0v) is 14.3. The molecular formula is C19H25ClN2O. The summed E-state index contributed by atoms with van der Waals surface area (Å²) in [4.78, 5) is 14.2. The highest BCUT2D eigenvalue weighted by Gasteiger charge is 2.08. The lowest BCUT2D eigenvalue weighted by Crippen LogP contribution is -2.33. The van der Waals surface area contributed by atoms with Gasteiger partial charge < -0.3 is 10.2 Å². The summed E-state index contributed by atoms with van der Waals surface area (Å²) < 4.78 is 0. The van der Waals surface area contributed by atoms with E-state index >= 15 is 0 Å². The fourth-order valence-corrected chi connectivity index (χ4v) is 2.77. The maximum absolute atomic E-state index is 11.7. The number of benzene rings is 1. The van der Waals surface area contributed by atoms with Gasteiger partial charge in [-0.2, -0.15) is 0 Å². The molecule has 4 heteroatoms. The fraction of sp³-hybridized carbons (Fsp3) is 0.421. The Hall–Kier alpha value is -1.58. The molecule has 1 amide bonds. The summed E-state index contributed by atoms with van der Waals surface area (Å²) in [5.41, 5.74) is 1.06. The number of rotatable bonds is 7. The van der Waals surface area contributed by atoms with Crippen LogP contribution in [-0.2, 0) is 4.79 Å². The maximum atomic E-state index is 11.7. The van der Waals surface area contributed by atoms with Crippen LogP contribution in [0.4, 0.5) is 0 Å². The predicted molar refractivity (Wildman–Crippen MR) is 97.5 cm³/mol. The van der Waals surface area contributed by atoms with Crippen molar-refractivity contribution in [2.75, 3.05) is 26.2 Å². The number of nitrogens with one attached hydrogen (secondary N) is 1. The van der Waals surface area contributed by atoms with Crippen LogP contribution in [0.5, 0.6) is 0 Å². The third kappa shape index (κ3) is 7.49. The van der Waals surface area contributed by atoms with Crippen LogP contribution >= 0.6 is 11.6 Å². The molecule has 3 nitrogen and oxygen atoms in total. The summed E-state index contributed by atoms with van der Waals surface area (Å²) in [5, 5.41) is 3.65. The van der Waals surface area contributed by atoms with Gasteiger partial charge >= 0.3 is 0 Å². The molecule has 1 aliphatic rings. The van der Waals surface area contributed by atoms with Crippen molar-refractivity contribution in [3.63, 3.8) is 0 Å². The molecule has 0 radical (unpaired) electrons. The standard InChI is InChI=1S/C19H25ClN2O/c20-18-11-9-17(10-12-18)7-2-3-8-19(23)21-13-6-16-22-14-4-1-5-15-22/h2-3,7-12H,1,4-6,13-16H2,(H,21,23)/b7-2+,8-3+. The van der Waals surface area contributed by atoms with E-state index in [1.54, 1.807) is 12.2 Å². The molecule has 0 atom stereocenters. The van der Waals surface area contributed by atoms with Gasteiger partial charge in [-0.3, -0.25) is 4.79 Å². The first-order valence-electron chi connectivity index (χ1n) is 8.34. The zero-order chi connectivity index (χ0) is 16.3. The van der Waals surface area contributed by atoms with Crippen LogP contribution in [0.25, 0.3) is 6.08 Å². The van der Waals surface area contributed by atoms with Gasteiger partial charge in [0, 0.05) is 17.6 Å². The van der Waals surface area contributed by atoms with E-state index in [1.165, 1.54) is 32.4 Å². The smallest absolute Gasteiger partial charge is 0.243 e. The Kier molecular flexibility index (Phi) is 7.91. The molecule has 2 rings (SSSR count). The minimum absolute atomic E-state index is 0.0376. The first kappa shape index (κ1) is 17.8. The van der Waals surface area contributed by atoms with E-state index < -0.39 is 0 Å². The summed E-state index contributed by atoms with van der Waals surface area (Å²) in [5.74, 6) is -0.0376. The van der Waals surface area contributed by atoms with Gasteiger partial charge in [0.15, 0.2) is 0 Å². The largest absolute Gasteiger partial charge is 0.353 e. The topological polar surface area (TPSA) is 32.3 Å². The van der Waals surface area contributed by atoms with Crippen LogP contribution in [0.1, 0.15) is 31.2 Å². The lowest BCUT2D eigenvalue weighted by Gasteiger charge is -2.26. The average molecular weight is 333 g/mol. The molecule has 1 aliphatic heterocycles. The lowest BCUT2D eigenvalue weighted by atomic mass is 10.1. The zero-order valence-electron chi connectivity index (χ0n) is 13.5. The van der Waals surface area contributed by atoms with Gasteiger partial charge in [-0.1, -0.05) is 48.4 Å². The highest BCUT2D eigenvalue weighted by Crippen LogP contribution is 2.10. The number of hydrogen-bond acceptors (Lipinski definition) is 2. The first-order valence-corrected chi connectivity index (χ1v) is 8.72. The van der Waals surface area contributed by atoms with E-state index in [4.69, 9.17) is 11.6 Å². The second-order valence-electron chi connectivity index (χ2n) is 5.82. The number of likely N-dealkylation sites (tertiary alicyclic amines) is 1.